The van der Waals surface area contributed by atoms with E-state index in [2.05, 4.69) is 47.5 Å². The van der Waals surface area contributed by atoms with Crippen molar-refractivity contribution in [1.29, 1.82) is 0 Å². The Bertz CT molecular complexity index is 535. The topological polar surface area (TPSA) is 58.4 Å². The molecule has 2 fully saturated rings. The minimum absolute atomic E-state index is 0. The predicted octanol–water partition coefficient (Wildman–Crippen LogP) is 3.55. The molecule has 1 aliphatic carbocycles. The first-order valence-electron chi connectivity index (χ1n) is 9.45. The molecule has 3 unspecified atom stereocenters. The van der Waals surface area contributed by atoms with Crippen molar-refractivity contribution in [1.82, 2.24) is 10.2 Å². The molecular formula is C20H33Cl2N3O. The van der Waals surface area contributed by atoms with Crippen LogP contribution in [0.15, 0.2) is 30.3 Å². The van der Waals surface area contributed by atoms with Crippen LogP contribution >= 0.6 is 24.8 Å². The van der Waals surface area contributed by atoms with E-state index in [-0.39, 0.29) is 48.7 Å². The van der Waals surface area contributed by atoms with Crippen LogP contribution in [0.4, 0.5) is 0 Å². The van der Waals surface area contributed by atoms with Gasteiger partial charge in [-0.1, -0.05) is 37.3 Å². The van der Waals surface area contributed by atoms with Gasteiger partial charge in [0.2, 0.25) is 5.91 Å². The summed E-state index contributed by atoms with van der Waals surface area (Å²) in [6.07, 6.45) is 5.24. The molecule has 3 N–H and O–H groups in total. The molecule has 0 spiro atoms. The van der Waals surface area contributed by atoms with E-state index in [9.17, 15) is 4.79 Å². The van der Waals surface area contributed by atoms with Crippen molar-refractivity contribution in [2.75, 3.05) is 19.6 Å². The SMILES string of the molecule is CC1CCN(C(CNC(=O)C2CCC(N)C2)c2ccccc2)CC1.Cl.Cl. The van der Waals surface area contributed by atoms with Crippen molar-refractivity contribution in [3.05, 3.63) is 35.9 Å². The summed E-state index contributed by atoms with van der Waals surface area (Å²) in [6, 6.07) is 11.1. The van der Waals surface area contributed by atoms with Crippen molar-refractivity contribution in [2.24, 2.45) is 17.6 Å². The molecule has 6 heteroatoms. The number of halogens is 2. The summed E-state index contributed by atoms with van der Waals surface area (Å²) in [4.78, 5) is 15.0. The van der Waals surface area contributed by atoms with Crippen molar-refractivity contribution < 1.29 is 4.79 Å². The van der Waals surface area contributed by atoms with Gasteiger partial charge in [0.05, 0.1) is 6.04 Å². The van der Waals surface area contributed by atoms with Gasteiger partial charge in [0.1, 0.15) is 0 Å². The molecule has 1 saturated heterocycles. The molecule has 1 heterocycles. The zero-order valence-corrected chi connectivity index (χ0v) is 17.2. The van der Waals surface area contributed by atoms with Crippen molar-refractivity contribution in [3.8, 4) is 0 Å². The lowest BCUT2D eigenvalue weighted by molar-refractivity contribution is -0.125. The Morgan fingerprint density at radius 3 is 2.38 bits per heavy atom. The molecule has 1 aromatic rings. The summed E-state index contributed by atoms with van der Waals surface area (Å²) in [6.45, 7) is 5.26. The Kier molecular flexibility index (Phi) is 9.94. The largest absolute Gasteiger partial charge is 0.354 e. The molecule has 26 heavy (non-hydrogen) atoms. The van der Waals surface area contributed by atoms with Gasteiger partial charge >= 0.3 is 0 Å². The average Bonchev–Trinajstić information content (AvgIpc) is 3.04. The molecule has 1 amide bonds. The molecule has 0 bridgehead atoms. The molecule has 1 saturated carbocycles. The third-order valence-corrected chi connectivity index (χ3v) is 5.76. The monoisotopic (exact) mass is 401 g/mol. The van der Waals surface area contributed by atoms with Crippen LogP contribution in [0.1, 0.15) is 50.6 Å². The van der Waals surface area contributed by atoms with Crippen LogP contribution in [0.3, 0.4) is 0 Å². The number of hydrogen-bond donors (Lipinski definition) is 2. The maximum atomic E-state index is 12.5. The van der Waals surface area contributed by atoms with Crippen molar-refractivity contribution in [3.63, 3.8) is 0 Å². The highest BCUT2D eigenvalue weighted by Crippen LogP contribution is 2.27. The fourth-order valence-electron chi connectivity index (χ4n) is 4.07. The Morgan fingerprint density at radius 1 is 1.15 bits per heavy atom. The first-order valence-corrected chi connectivity index (χ1v) is 9.45. The minimum Gasteiger partial charge on any atom is -0.354 e. The predicted molar refractivity (Wildman–Crippen MR) is 112 cm³/mol. The first-order chi connectivity index (χ1) is 11.6. The number of amides is 1. The van der Waals surface area contributed by atoms with E-state index in [1.54, 1.807) is 0 Å². The van der Waals surface area contributed by atoms with Crippen LogP contribution in [0.25, 0.3) is 0 Å². The number of nitrogens with one attached hydrogen (secondary N) is 1. The Morgan fingerprint density at radius 2 is 1.81 bits per heavy atom. The highest BCUT2D eigenvalue weighted by Gasteiger charge is 2.29. The third-order valence-electron chi connectivity index (χ3n) is 5.76. The number of nitrogens with two attached hydrogens (primary N) is 1. The lowest BCUT2D eigenvalue weighted by atomic mass is 9.95. The number of piperidine rings is 1. The molecular weight excluding hydrogens is 369 g/mol. The maximum Gasteiger partial charge on any atom is 0.223 e. The van der Waals surface area contributed by atoms with Gasteiger partial charge in [0.15, 0.2) is 0 Å². The molecule has 1 aliphatic heterocycles. The Labute approximate surface area is 170 Å². The van der Waals surface area contributed by atoms with E-state index in [4.69, 9.17) is 5.73 Å². The van der Waals surface area contributed by atoms with Crippen LogP contribution in [0.2, 0.25) is 0 Å². The number of benzene rings is 1. The molecule has 148 valence electrons. The van der Waals surface area contributed by atoms with E-state index in [1.807, 2.05) is 0 Å². The van der Waals surface area contributed by atoms with Crippen LogP contribution in [0.5, 0.6) is 0 Å². The fraction of sp³-hybridized carbons (Fsp3) is 0.650. The Balaban J connectivity index is 0.00000169. The van der Waals surface area contributed by atoms with Crippen LogP contribution in [-0.2, 0) is 4.79 Å². The molecule has 1 aromatic carbocycles. The normalized spacial score (nSPS) is 25.0. The van der Waals surface area contributed by atoms with Gasteiger partial charge in [-0.05, 0) is 56.7 Å². The number of rotatable bonds is 5. The molecule has 3 rings (SSSR count). The third kappa shape index (κ3) is 6.12. The molecule has 2 aliphatic rings. The second-order valence-electron chi connectivity index (χ2n) is 7.66. The van der Waals surface area contributed by atoms with Crippen LogP contribution in [-0.4, -0.2) is 36.5 Å². The number of nitrogens with zero attached hydrogens (tertiary/aromatic N) is 1. The van der Waals surface area contributed by atoms with Crippen LogP contribution in [0, 0.1) is 11.8 Å². The van der Waals surface area contributed by atoms with Gasteiger partial charge in [-0.15, -0.1) is 24.8 Å². The van der Waals surface area contributed by atoms with Crippen molar-refractivity contribution >= 4 is 30.7 Å². The van der Waals surface area contributed by atoms with E-state index in [0.29, 0.717) is 6.54 Å². The van der Waals surface area contributed by atoms with E-state index in [0.717, 1.165) is 38.3 Å². The standard InChI is InChI=1S/C20H31N3O.2ClH/c1-15-9-11-23(12-10-15)19(16-5-3-2-4-6-16)14-22-20(24)17-7-8-18(21)13-17;;/h2-6,15,17-19H,7-14,21H2,1H3,(H,22,24);2*1H. The van der Waals surface area contributed by atoms with Gasteiger partial charge in [0, 0.05) is 18.5 Å². The zero-order chi connectivity index (χ0) is 16.9. The second-order valence-corrected chi connectivity index (χ2v) is 7.66. The lowest BCUT2D eigenvalue weighted by Gasteiger charge is -2.37. The number of carbonyl (C=O) groups excluding carboxylic acids is 1. The molecule has 4 nitrogen and oxygen atoms in total. The summed E-state index contributed by atoms with van der Waals surface area (Å²) >= 11 is 0. The smallest absolute Gasteiger partial charge is 0.223 e. The molecule has 0 radical (unpaired) electrons. The van der Waals surface area contributed by atoms with Gasteiger partial charge in [-0.3, -0.25) is 9.69 Å². The van der Waals surface area contributed by atoms with Crippen LogP contribution < -0.4 is 11.1 Å². The summed E-state index contributed by atoms with van der Waals surface area (Å²) in [5, 5.41) is 3.22. The quantitative estimate of drug-likeness (QED) is 0.792. The van der Waals surface area contributed by atoms with Crippen molar-refractivity contribution in [2.45, 2.75) is 51.1 Å². The van der Waals surface area contributed by atoms with Gasteiger partial charge in [-0.25, -0.2) is 0 Å². The van der Waals surface area contributed by atoms with Gasteiger partial charge < -0.3 is 11.1 Å². The van der Waals surface area contributed by atoms with Gasteiger partial charge in [-0.2, -0.15) is 0 Å². The summed E-state index contributed by atoms with van der Waals surface area (Å²) in [7, 11) is 0. The fourth-order valence-corrected chi connectivity index (χ4v) is 4.07. The highest BCUT2D eigenvalue weighted by atomic mass is 35.5. The highest BCUT2D eigenvalue weighted by molar-refractivity contribution is 5.85. The first kappa shape index (κ1) is 23.2. The van der Waals surface area contributed by atoms with E-state index < -0.39 is 0 Å². The van der Waals surface area contributed by atoms with E-state index >= 15 is 0 Å². The number of carbonyl (C=O) groups is 1. The summed E-state index contributed by atoms with van der Waals surface area (Å²) in [5.74, 6) is 1.11. The van der Waals surface area contributed by atoms with E-state index in [1.165, 1.54) is 18.4 Å². The lowest BCUT2D eigenvalue weighted by Crippen LogP contribution is -2.43. The Hall–Kier alpha value is -0.810. The zero-order valence-electron chi connectivity index (χ0n) is 15.6. The molecule has 3 atom stereocenters. The minimum atomic E-state index is 0. The summed E-state index contributed by atoms with van der Waals surface area (Å²) in [5.41, 5.74) is 7.25. The number of hydrogen-bond acceptors (Lipinski definition) is 3. The maximum absolute atomic E-state index is 12.5. The molecule has 0 aromatic heterocycles. The summed E-state index contributed by atoms with van der Waals surface area (Å²) < 4.78 is 0. The average molecular weight is 402 g/mol. The number of likely N-dealkylation sites (tertiary alicyclic amines) is 1. The second kappa shape index (κ2) is 11.1. The van der Waals surface area contributed by atoms with Gasteiger partial charge in [0.25, 0.3) is 0 Å².